The Hall–Kier alpha value is -0.120. The molecular formula is C13H27N3. The van der Waals surface area contributed by atoms with Gasteiger partial charge in [-0.1, -0.05) is 6.92 Å². The molecule has 2 saturated heterocycles. The number of nitrogens with one attached hydrogen (secondary N) is 1. The minimum absolute atomic E-state index is 0.763. The highest BCUT2D eigenvalue weighted by Gasteiger charge is 2.26. The van der Waals surface area contributed by atoms with Crippen molar-refractivity contribution in [2.24, 2.45) is 5.92 Å². The standard InChI is InChI=1S/C13H27N3/c1-3-6-14-13-5-8-16(11-13)10-12-4-7-15(2)9-12/h12-14H,3-11H2,1-2H3. The third-order valence-corrected chi connectivity index (χ3v) is 3.96. The van der Waals surface area contributed by atoms with Gasteiger partial charge < -0.3 is 15.1 Å². The molecule has 2 unspecified atom stereocenters. The predicted octanol–water partition coefficient (Wildman–Crippen LogP) is 1.01. The van der Waals surface area contributed by atoms with Crippen molar-refractivity contribution in [1.29, 1.82) is 0 Å². The van der Waals surface area contributed by atoms with Gasteiger partial charge in [0, 0.05) is 25.7 Å². The van der Waals surface area contributed by atoms with Crippen molar-refractivity contribution in [3.63, 3.8) is 0 Å². The molecule has 94 valence electrons. The van der Waals surface area contributed by atoms with E-state index >= 15 is 0 Å². The van der Waals surface area contributed by atoms with Gasteiger partial charge >= 0.3 is 0 Å². The monoisotopic (exact) mass is 225 g/mol. The first-order valence-electron chi connectivity index (χ1n) is 6.92. The molecule has 16 heavy (non-hydrogen) atoms. The molecule has 0 amide bonds. The fourth-order valence-electron chi connectivity index (χ4n) is 3.05. The van der Waals surface area contributed by atoms with Crippen molar-refractivity contribution in [2.45, 2.75) is 32.2 Å². The average molecular weight is 225 g/mol. The van der Waals surface area contributed by atoms with Crippen molar-refractivity contribution < 1.29 is 0 Å². The summed E-state index contributed by atoms with van der Waals surface area (Å²) < 4.78 is 0. The SMILES string of the molecule is CCCNC1CCN(CC2CCN(C)C2)C1. The maximum Gasteiger partial charge on any atom is 0.0207 e. The van der Waals surface area contributed by atoms with E-state index in [1.807, 2.05) is 0 Å². The Labute approximate surface area is 100 Å². The van der Waals surface area contributed by atoms with Crippen LogP contribution in [0, 0.1) is 5.92 Å². The third-order valence-electron chi connectivity index (χ3n) is 3.96. The second-order valence-electron chi connectivity index (χ2n) is 5.62. The van der Waals surface area contributed by atoms with Gasteiger partial charge in [0.15, 0.2) is 0 Å². The minimum atomic E-state index is 0.763. The number of nitrogens with zero attached hydrogens (tertiary/aromatic N) is 2. The highest BCUT2D eigenvalue weighted by molar-refractivity contribution is 4.84. The van der Waals surface area contributed by atoms with Crippen LogP contribution in [0.5, 0.6) is 0 Å². The summed E-state index contributed by atoms with van der Waals surface area (Å²) in [5, 5.41) is 3.64. The largest absolute Gasteiger partial charge is 0.313 e. The molecule has 2 aliphatic rings. The van der Waals surface area contributed by atoms with Crippen LogP contribution in [-0.4, -0.2) is 62.2 Å². The fourth-order valence-corrected chi connectivity index (χ4v) is 3.05. The van der Waals surface area contributed by atoms with E-state index in [1.54, 1.807) is 0 Å². The van der Waals surface area contributed by atoms with E-state index < -0.39 is 0 Å². The van der Waals surface area contributed by atoms with Gasteiger partial charge in [0.05, 0.1) is 0 Å². The van der Waals surface area contributed by atoms with E-state index in [2.05, 4.69) is 29.1 Å². The summed E-state index contributed by atoms with van der Waals surface area (Å²) in [6.07, 6.45) is 4.01. The molecule has 2 atom stereocenters. The van der Waals surface area contributed by atoms with Gasteiger partial charge in [-0.15, -0.1) is 0 Å². The van der Waals surface area contributed by atoms with Crippen molar-refractivity contribution >= 4 is 0 Å². The molecule has 0 aromatic carbocycles. The van der Waals surface area contributed by atoms with Gasteiger partial charge in [0.25, 0.3) is 0 Å². The van der Waals surface area contributed by atoms with Crippen LogP contribution in [0.1, 0.15) is 26.2 Å². The molecule has 0 aliphatic carbocycles. The van der Waals surface area contributed by atoms with Crippen LogP contribution in [0.25, 0.3) is 0 Å². The number of likely N-dealkylation sites (tertiary alicyclic amines) is 2. The Morgan fingerprint density at radius 1 is 1.19 bits per heavy atom. The molecule has 0 aromatic heterocycles. The molecule has 3 heteroatoms. The van der Waals surface area contributed by atoms with Crippen LogP contribution < -0.4 is 5.32 Å². The van der Waals surface area contributed by atoms with Gasteiger partial charge in [-0.25, -0.2) is 0 Å². The lowest BCUT2D eigenvalue weighted by atomic mass is 10.1. The third kappa shape index (κ3) is 3.44. The van der Waals surface area contributed by atoms with Crippen molar-refractivity contribution in [2.75, 3.05) is 46.3 Å². The molecule has 1 N–H and O–H groups in total. The summed E-state index contributed by atoms with van der Waals surface area (Å²) in [7, 11) is 2.25. The second-order valence-corrected chi connectivity index (χ2v) is 5.62. The van der Waals surface area contributed by atoms with Gasteiger partial charge in [0.1, 0.15) is 0 Å². The smallest absolute Gasteiger partial charge is 0.0207 e. The van der Waals surface area contributed by atoms with E-state index in [4.69, 9.17) is 0 Å². The number of hydrogen-bond donors (Lipinski definition) is 1. The maximum atomic E-state index is 3.64. The first-order chi connectivity index (χ1) is 7.78. The number of hydrogen-bond acceptors (Lipinski definition) is 3. The lowest BCUT2D eigenvalue weighted by molar-refractivity contribution is 0.269. The number of rotatable bonds is 5. The van der Waals surface area contributed by atoms with Crippen LogP contribution in [0.4, 0.5) is 0 Å². The zero-order valence-electron chi connectivity index (χ0n) is 10.9. The lowest BCUT2D eigenvalue weighted by Crippen LogP contribution is -2.35. The normalized spacial score (nSPS) is 32.6. The molecular weight excluding hydrogens is 198 g/mol. The molecule has 3 nitrogen and oxygen atoms in total. The summed E-state index contributed by atoms with van der Waals surface area (Å²) in [5.41, 5.74) is 0. The van der Waals surface area contributed by atoms with E-state index in [9.17, 15) is 0 Å². The van der Waals surface area contributed by atoms with Crippen LogP contribution in [-0.2, 0) is 0 Å². The summed E-state index contributed by atoms with van der Waals surface area (Å²) >= 11 is 0. The Balaban J connectivity index is 1.64. The predicted molar refractivity (Wildman–Crippen MR) is 68.7 cm³/mol. The van der Waals surface area contributed by atoms with Gasteiger partial charge in [-0.2, -0.15) is 0 Å². The Morgan fingerprint density at radius 3 is 2.75 bits per heavy atom. The first kappa shape index (κ1) is 12.3. The van der Waals surface area contributed by atoms with E-state index in [0.29, 0.717) is 0 Å². The Kier molecular flexibility index (Phi) is 4.62. The van der Waals surface area contributed by atoms with Gasteiger partial charge in [-0.3, -0.25) is 0 Å². The molecule has 0 aromatic rings. The van der Waals surface area contributed by atoms with Gasteiger partial charge in [0.2, 0.25) is 0 Å². The van der Waals surface area contributed by atoms with Crippen LogP contribution in [0.15, 0.2) is 0 Å². The maximum absolute atomic E-state index is 3.64. The van der Waals surface area contributed by atoms with Crippen molar-refractivity contribution in [3.05, 3.63) is 0 Å². The zero-order chi connectivity index (χ0) is 11.4. The first-order valence-corrected chi connectivity index (χ1v) is 6.92. The Morgan fingerprint density at radius 2 is 2.06 bits per heavy atom. The van der Waals surface area contributed by atoms with E-state index in [-0.39, 0.29) is 0 Å². The fraction of sp³-hybridized carbons (Fsp3) is 1.00. The molecule has 2 fully saturated rings. The van der Waals surface area contributed by atoms with Crippen LogP contribution in [0.3, 0.4) is 0 Å². The van der Waals surface area contributed by atoms with Gasteiger partial charge in [-0.05, 0) is 51.9 Å². The quantitative estimate of drug-likeness (QED) is 0.753. The average Bonchev–Trinajstić information content (AvgIpc) is 2.86. The Bertz CT molecular complexity index is 207. The van der Waals surface area contributed by atoms with E-state index in [1.165, 1.54) is 58.5 Å². The molecule has 0 radical (unpaired) electrons. The van der Waals surface area contributed by atoms with E-state index in [0.717, 1.165) is 12.0 Å². The topological polar surface area (TPSA) is 18.5 Å². The zero-order valence-corrected chi connectivity index (χ0v) is 10.9. The van der Waals surface area contributed by atoms with Crippen LogP contribution >= 0.6 is 0 Å². The highest BCUT2D eigenvalue weighted by Crippen LogP contribution is 2.18. The summed E-state index contributed by atoms with van der Waals surface area (Å²) in [4.78, 5) is 5.13. The molecule has 0 saturated carbocycles. The van der Waals surface area contributed by atoms with Crippen molar-refractivity contribution in [1.82, 2.24) is 15.1 Å². The second kappa shape index (κ2) is 5.99. The summed E-state index contributed by atoms with van der Waals surface area (Å²) in [5.74, 6) is 0.926. The molecule has 2 heterocycles. The minimum Gasteiger partial charge on any atom is -0.313 e. The van der Waals surface area contributed by atoms with Crippen LogP contribution in [0.2, 0.25) is 0 Å². The molecule has 2 aliphatic heterocycles. The molecule has 2 rings (SSSR count). The molecule has 0 spiro atoms. The lowest BCUT2D eigenvalue weighted by Gasteiger charge is -2.20. The molecule has 0 bridgehead atoms. The highest BCUT2D eigenvalue weighted by atomic mass is 15.2. The van der Waals surface area contributed by atoms with Crippen molar-refractivity contribution in [3.8, 4) is 0 Å². The summed E-state index contributed by atoms with van der Waals surface area (Å²) in [6, 6.07) is 0.763. The summed E-state index contributed by atoms with van der Waals surface area (Å²) in [6.45, 7) is 9.95.